The van der Waals surface area contributed by atoms with Crippen LogP contribution in [0.3, 0.4) is 0 Å². The van der Waals surface area contributed by atoms with E-state index in [4.69, 9.17) is 15.2 Å². The minimum Gasteiger partial charge on any atom is -0.375 e. The molecule has 2 N–H and O–H groups in total. The number of rotatable bonds is 3. The standard InChI is InChI=1S/C12H19N3O2S.ClH/c13-12-14-6-10(18-12)8-15-3-1-2-9(7-15)11-16-4-5-17-11;/h6,9,11H,1-5,7-8H2,(H2,13,14);1H. The predicted molar refractivity (Wildman–Crippen MR) is 77.5 cm³/mol. The Morgan fingerprint density at radius 2 is 2.21 bits per heavy atom. The van der Waals surface area contributed by atoms with Crippen molar-refractivity contribution >= 4 is 28.9 Å². The van der Waals surface area contributed by atoms with E-state index in [1.165, 1.54) is 17.7 Å². The zero-order valence-electron chi connectivity index (χ0n) is 10.8. The molecule has 3 heterocycles. The molecule has 108 valence electrons. The lowest BCUT2D eigenvalue weighted by atomic mass is 9.97. The van der Waals surface area contributed by atoms with Crippen molar-refractivity contribution in [2.45, 2.75) is 25.7 Å². The smallest absolute Gasteiger partial charge is 0.180 e. The molecule has 2 aliphatic rings. The third-order valence-electron chi connectivity index (χ3n) is 3.53. The molecule has 1 unspecified atom stereocenters. The second-order valence-electron chi connectivity index (χ2n) is 4.91. The van der Waals surface area contributed by atoms with Crippen LogP contribution in [0, 0.1) is 5.92 Å². The maximum absolute atomic E-state index is 5.66. The van der Waals surface area contributed by atoms with Gasteiger partial charge in [0.1, 0.15) is 0 Å². The summed E-state index contributed by atoms with van der Waals surface area (Å²) in [7, 11) is 0. The first kappa shape index (κ1) is 15.0. The molecule has 19 heavy (non-hydrogen) atoms. The number of hydrogen-bond acceptors (Lipinski definition) is 6. The van der Waals surface area contributed by atoms with Crippen LogP contribution in [0.4, 0.5) is 5.13 Å². The molecule has 0 aliphatic carbocycles. The summed E-state index contributed by atoms with van der Waals surface area (Å²) in [6.07, 6.45) is 4.31. The van der Waals surface area contributed by atoms with E-state index < -0.39 is 0 Å². The summed E-state index contributed by atoms with van der Waals surface area (Å²) < 4.78 is 11.2. The van der Waals surface area contributed by atoms with Crippen LogP contribution in [0.2, 0.25) is 0 Å². The van der Waals surface area contributed by atoms with Gasteiger partial charge in [-0.05, 0) is 19.4 Å². The van der Waals surface area contributed by atoms with E-state index in [1.54, 1.807) is 11.3 Å². The van der Waals surface area contributed by atoms with Gasteiger partial charge in [0.25, 0.3) is 0 Å². The zero-order valence-corrected chi connectivity index (χ0v) is 12.4. The van der Waals surface area contributed by atoms with Crippen LogP contribution >= 0.6 is 23.7 Å². The quantitative estimate of drug-likeness (QED) is 0.921. The van der Waals surface area contributed by atoms with Gasteiger partial charge in [-0.25, -0.2) is 4.98 Å². The summed E-state index contributed by atoms with van der Waals surface area (Å²) in [5.41, 5.74) is 5.66. The molecule has 2 saturated heterocycles. The number of piperidine rings is 1. The number of anilines is 1. The fraction of sp³-hybridized carbons (Fsp3) is 0.750. The first-order valence-corrected chi connectivity index (χ1v) is 7.28. The SMILES string of the molecule is Cl.Nc1ncc(CN2CCCC(C3OCCO3)C2)s1. The summed E-state index contributed by atoms with van der Waals surface area (Å²) in [4.78, 5) is 7.79. The van der Waals surface area contributed by atoms with E-state index in [9.17, 15) is 0 Å². The summed E-state index contributed by atoms with van der Waals surface area (Å²) in [6, 6.07) is 0. The van der Waals surface area contributed by atoms with Gasteiger partial charge in [-0.2, -0.15) is 0 Å². The molecule has 1 aromatic heterocycles. The first-order chi connectivity index (χ1) is 8.81. The van der Waals surface area contributed by atoms with Gasteiger partial charge in [-0.15, -0.1) is 23.7 Å². The second kappa shape index (κ2) is 6.85. The van der Waals surface area contributed by atoms with Gasteiger partial charge in [-0.1, -0.05) is 0 Å². The van der Waals surface area contributed by atoms with E-state index >= 15 is 0 Å². The zero-order chi connectivity index (χ0) is 12.4. The molecule has 3 rings (SSSR count). The highest BCUT2D eigenvalue weighted by molar-refractivity contribution is 7.15. The number of nitrogens with zero attached hydrogens (tertiary/aromatic N) is 2. The lowest BCUT2D eigenvalue weighted by molar-refractivity contribution is -0.101. The highest BCUT2D eigenvalue weighted by atomic mass is 35.5. The summed E-state index contributed by atoms with van der Waals surface area (Å²) in [5.74, 6) is 0.506. The van der Waals surface area contributed by atoms with Crippen LogP contribution in [-0.2, 0) is 16.0 Å². The van der Waals surface area contributed by atoms with E-state index in [0.717, 1.165) is 32.8 Å². The molecular formula is C12H20ClN3O2S. The lowest BCUT2D eigenvalue weighted by Gasteiger charge is -2.34. The molecule has 0 amide bonds. The van der Waals surface area contributed by atoms with Gasteiger partial charge in [0, 0.05) is 30.1 Å². The van der Waals surface area contributed by atoms with E-state index in [-0.39, 0.29) is 18.7 Å². The van der Waals surface area contributed by atoms with Gasteiger partial charge in [-0.3, -0.25) is 4.90 Å². The number of ether oxygens (including phenoxy) is 2. The molecule has 1 aromatic rings. The Morgan fingerprint density at radius 1 is 1.42 bits per heavy atom. The van der Waals surface area contributed by atoms with E-state index in [0.29, 0.717) is 11.0 Å². The molecule has 2 fully saturated rings. The van der Waals surface area contributed by atoms with Crippen molar-refractivity contribution in [2.24, 2.45) is 5.92 Å². The summed E-state index contributed by atoms with van der Waals surface area (Å²) in [5, 5.41) is 0.654. The van der Waals surface area contributed by atoms with Crippen LogP contribution in [-0.4, -0.2) is 42.5 Å². The largest absolute Gasteiger partial charge is 0.375 e. The molecular weight excluding hydrogens is 286 g/mol. The Bertz CT molecular complexity index is 398. The van der Waals surface area contributed by atoms with Crippen LogP contribution in [0.15, 0.2) is 6.20 Å². The molecule has 1 atom stereocenters. The van der Waals surface area contributed by atoms with Crippen molar-refractivity contribution in [1.29, 1.82) is 0 Å². The molecule has 0 bridgehead atoms. The maximum Gasteiger partial charge on any atom is 0.180 e. The van der Waals surface area contributed by atoms with Crippen LogP contribution in [0.1, 0.15) is 17.7 Å². The monoisotopic (exact) mass is 305 g/mol. The average Bonchev–Trinajstić information content (AvgIpc) is 3.01. The minimum atomic E-state index is 0. The molecule has 5 nitrogen and oxygen atoms in total. The van der Waals surface area contributed by atoms with Crippen molar-refractivity contribution in [3.05, 3.63) is 11.1 Å². The van der Waals surface area contributed by atoms with Gasteiger partial charge < -0.3 is 15.2 Å². The number of nitrogen functional groups attached to an aromatic ring is 1. The van der Waals surface area contributed by atoms with Gasteiger partial charge in [0.15, 0.2) is 11.4 Å². The van der Waals surface area contributed by atoms with Crippen molar-refractivity contribution in [3.63, 3.8) is 0 Å². The Balaban J connectivity index is 0.00000133. The van der Waals surface area contributed by atoms with Crippen molar-refractivity contribution < 1.29 is 9.47 Å². The Morgan fingerprint density at radius 3 is 2.89 bits per heavy atom. The van der Waals surface area contributed by atoms with Crippen LogP contribution < -0.4 is 5.73 Å². The third-order valence-corrected chi connectivity index (χ3v) is 4.34. The van der Waals surface area contributed by atoms with Gasteiger partial charge >= 0.3 is 0 Å². The summed E-state index contributed by atoms with van der Waals surface area (Å²) >= 11 is 1.58. The molecule has 7 heteroatoms. The predicted octanol–water partition coefficient (Wildman–Crippen LogP) is 1.73. The van der Waals surface area contributed by atoms with Gasteiger partial charge in [0.2, 0.25) is 0 Å². The van der Waals surface area contributed by atoms with Crippen LogP contribution in [0.5, 0.6) is 0 Å². The van der Waals surface area contributed by atoms with Crippen molar-refractivity contribution in [2.75, 3.05) is 32.0 Å². The second-order valence-corrected chi connectivity index (χ2v) is 6.06. The Hall–Kier alpha value is -0.400. The first-order valence-electron chi connectivity index (χ1n) is 6.47. The fourth-order valence-electron chi connectivity index (χ4n) is 2.72. The summed E-state index contributed by atoms with van der Waals surface area (Å²) in [6.45, 7) is 4.61. The highest BCUT2D eigenvalue weighted by Gasteiger charge is 2.31. The highest BCUT2D eigenvalue weighted by Crippen LogP contribution is 2.26. The number of thiazole rings is 1. The Labute approximate surface area is 123 Å². The van der Waals surface area contributed by atoms with E-state index in [1.807, 2.05) is 6.20 Å². The molecule has 2 aliphatic heterocycles. The molecule has 0 saturated carbocycles. The number of hydrogen-bond donors (Lipinski definition) is 1. The number of halogens is 1. The molecule has 0 spiro atoms. The Kier molecular flexibility index (Phi) is 5.41. The molecule has 0 aromatic carbocycles. The topological polar surface area (TPSA) is 60.6 Å². The number of likely N-dealkylation sites (tertiary alicyclic amines) is 1. The van der Waals surface area contributed by atoms with E-state index in [2.05, 4.69) is 9.88 Å². The van der Waals surface area contributed by atoms with Crippen LogP contribution in [0.25, 0.3) is 0 Å². The van der Waals surface area contributed by atoms with Crippen molar-refractivity contribution in [1.82, 2.24) is 9.88 Å². The number of aromatic nitrogens is 1. The maximum atomic E-state index is 5.66. The molecule has 0 radical (unpaired) electrons. The van der Waals surface area contributed by atoms with Gasteiger partial charge in [0.05, 0.1) is 13.2 Å². The third kappa shape index (κ3) is 3.79. The van der Waals surface area contributed by atoms with Crippen molar-refractivity contribution in [3.8, 4) is 0 Å². The average molecular weight is 306 g/mol. The number of nitrogens with two attached hydrogens (primary N) is 1. The lowest BCUT2D eigenvalue weighted by Crippen LogP contribution is -2.40. The normalized spacial score (nSPS) is 25.4. The minimum absolute atomic E-state index is 0. The fourth-order valence-corrected chi connectivity index (χ4v) is 3.45.